The third-order valence-electron chi connectivity index (χ3n) is 4.70. The van der Waals surface area contributed by atoms with Crippen molar-refractivity contribution in [1.29, 1.82) is 0 Å². The van der Waals surface area contributed by atoms with Gasteiger partial charge < -0.3 is 23.9 Å². The van der Waals surface area contributed by atoms with E-state index in [1.54, 1.807) is 50.6 Å². The fourth-order valence-electron chi connectivity index (χ4n) is 3.06. The van der Waals surface area contributed by atoms with E-state index in [-0.39, 0.29) is 18.9 Å². The van der Waals surface area contributed by atoms with Crippen molar-refractivity contribution in [3.8, 4) is 11.5 Å². The number of hydrazone groups is 1. The zero-order chi connectivity index (χ0) is 22.5. The molecule has 4 rings (SSSR count). The van der Waals surface area contributed by atoms with Crippen LogP contribution in [0, 0.1) is 0 Å². The molecule has 0 atom stereocenters. The molecule has 0 aliphatic carbocycles. The third kappa shape index (κ3) is 4.53. The van der Waals surface area contributed by atoms with Gasteiger partial charge in [0.25, 0.3) is 5.91 Å². The molecule has 0 bridgehead atoms. The molecule has 1 aliphatic rings. The van der Waals surface area contributed by atoms with Gasteiger partial charge in [0.05, 0.1) is 27.0 Å². The van der Waals surface area contributed by atoms with Crippen LogP contribution in [0.1, 0.15) is 21.7 Å². The fourth-order valence-corrected chi connectivity index (χ4v) is 3.06. The van der Waals surface area contributed by atoms with E-state index in [0.29, 0.717) is 22.9 Å². The quantitative estimate of drug-likeness (QED) is 0.604. The van der Waals surface area contributed by atoms with Crippen LogP contribution in [0.3, 0.4) is 0 Å². The van der Waals surface area contributed by atoms with Crippen LogP contribution in [0.2, 0.25) is 0 Å². The van der Waals surface area contributed by atoms with Crippen molar-refractivity contribution >= 4 is 23.4 Å². The molecule has 10 nitrogen and oxygen atoms in total. The van der Waals surface area contributed by atoms with Crippen LogP contribution in [0.25, 0.3) is 0 Å². The number of rotatable bonds is 7. The lowest BCUT2D eigenvalue weighted by molar-refractivity contribution is 0.0996. The minimum absolute atomic E-state index is 0.0530. The first kappa shape index (κ1) is 20.9. The number of oxazole rings is 1. The number of nitrogens with zero attached hydrogens (tertiary/aromatic N) is 3. The lowest BCUT2D eigenvalue weighted by atomic mass is 10.1. The minimum Gasteiger partial charge on any atom is -0.493 e. The van der Waals surface area contributed by atoms with Crippen molar-refractivity contribution in [2.75, 3.05) is 26.1 Å². The second-order valence-corrected chi connectivity index (χ2v) is 6.75. The summed E-state index contributed by atoms with van der Waals surface area (Å²) in [5.41, 5.74) is 2.72. The molecule has 0 spiro atoms. The summed E-state index contributed by atoms with van der Waals surface area (Å²) < 4.78 is 20.8. The van der Waals surface area contributed by atoms with E-state index < -0.39 is 12.0 Å². The topological polar surface area (TPSA) is 115 Å². The maximum absolute atomic E-state index is 12.2. The second kappa shape index (κ2) is 9.21. The van der Waals surface area contributed by atoms with Crippen molar-refractivity contribution in [2.45, 2.75) is 6.54 Å². The Kier molecular flexibility index (Phi) is 6.02. The Balaban J connectivity index is 1.47. The van der Waals surface area contributed by atoms with Crippen molar-refractivity contribution in [3.63, 3.8) is 0 Å². The van der Waals surface area contributed by atoms with Crippen molar-refractivity contribution in [2.24, 2.45) is 5.10 Å². The van der Waals surface area contributed by atoms with Crippen LogP contribution in [-0.2, 0) is 11.3 Å². The Labute approximate surface area is 183 Å². The van der Waals surface area contributed by atoms with Gasteiger partial charge in [0.15, 0.2) is 17.9 Å². The van der Waals surface area contributed by atoms with Gasteiger partial charge in [-0.25, -0.2) is 9.78 Å². The van der Waals surface area contributed by atoms with E-state index in [4.69, 9.17) is 18.6 Å². The Morgan fingerprint density at radius 1 is 1.12 bits per heavy atom. The first-order valence-corrected chi connectivity index (χ1v) is 9.60. The van der Waals surface area contributed by atoms with Crippen LogP contribution in [0.15, 0.2) is 64.6 Å². The van der Waals surface area contributed by atoms with Crippen LogP contribution in [0.4, 0.5) is 10.5 Å². The second-order valence-electron chi connectivity index (χ2n) is 6.75. The number of nitrogens with one attached hydrogen (secondary N) is 1. The van der Waals surface area contributed by atoms with Gasteiger partial charge in [-0.1, -0.05) is 12.1 Å². The molecule has 10 heteroatoms. The molecule has 0 unspecified atom stereocenters. The highest BCUT2D eigenvalue weighted by atomic mass is 16.6. The Bertz CT molecular complexity index is 1140. The van der Waals surface area contributed by atoms with Crippen LogP contribution < -0.4 is 14.8 Å². The lowest BCUT2D eigenvalue weighted by Gasteiger charge is -2.24. The number of methoxy groups -OCH3 is 2. The molecular formula is C22H20N4O6. The number of carbonyl (C=O) groups is 2. The zero-order valence-electron chi connectivity index (χ0n) is 17.4. The number of aromatic nitrogens is 1. The average molecular weight is 436 g/mol. The predicted octanol–water partition coefficient (Wildman–Crippen LogP) is 3.30. The monoisotopic (exact) mass is 436 g/mol. The Morgan fingerprint density at radius 2 is 1.91 bits per heavy atom. The van der Waals surface area contributed by atoms with Gasteiger partial charge in [-0.2, -0.15) is 10.1 Å². The van der Waals surface area contributed by atoms with Crippen LogP contribution >= 0.6 is 0 Å². The van der Waals surface area contributed by atoms with Gasteiger partial charge in [-0.05, 0) is 35.9 Å². The molecule has 0 saturated heterocycles. The molecule has 1 N–H and O–H groups in total. The molecule has 0 radical (unpaired) electrons. The highest BCUT2D eigenvalue weighted by Crippen LogP contribution is 2.28. The van der Waals surface area contributed by atoms with Gasteiger partial charge >= 0.3 is 6.09 Å². The summed E-state index contributed by atoms with van der Waals surface area (Å²) in [7, 11) is 3.11. The molecule has 3 aromatic rings. The van der Waals surface area contributed by atoms with Crippen LogP contribution in [0.5, 0.6) is 11.5 Å². The predicted molar refractivity (Wildman–Crippen MR) is 114 cm³/mol. The number of hydrogen-bond acceptors (Lipinski definition) is 8. The van der Waals surface area contributed by atoms with Crippen molar-refractivity contribution < 1.29 is 28.2 Å². The largest absolute Gasteiger partial charge is 0.493 e. The summed E-state index contributed by atoms with van der Waals surface area (Å²) in [6.07, 6.45) is 1.98. The average Bonchev–Trinajstić information content (AvgIpc) is 3.36. The number of anilines is 1. The van der Waals surface area contributed by atoms with Crippen LogP contribution in [-0.4, -0.2) is 48.5 Å². The minimum atomic E-state index is -0.545. The molecule has 32 heavy (non-hydrogen) atoms. The van der Waals surface area contributed by atoms with Gasteiger partial charge in [-0.3, -0.25) is 4.79 Å². The Morgan fingerprint density at radius 3 is 2.59 bits per heavy atom. The molecule has 1 aliphatic heterocycles. The lowest BCUT2D eigenvalue weighted by Crippen LogP contribution is -2.35. The normalized spacial score (nSPS) is 13.2. The number of benzene rings is 2. The van der Waals surface area contributed by atoms with E-state index in [9.17, 15) is 9.59 Å². The fraction of sp³-hybridized carbons (Fsp3) is 0.182. The highest BCUT2D eigenvalue weighted by molar-refractivity contribution is 6.04. The SMILES string of the molecule is COc1ccc(C2=NN(Cc3ccc(NC(=O)c4cnco4)cc3)C(=O)OC2)cc1OC. The summed E-state index contributed by atoms with van der Waals surface area (Å²) in [6, 6.07) is 12.4. The first-order valence-electron chi connectivity index (χ1n) is 9.60. The summed E-state index contributed by atoms with van der Waals surface area (Å²) in [5.74, 6) is 0.859. The van der Waals surface area contributed by atoms with E-state index in [1.807, 2.05) is 6.07 Å². The third-order valence-corrected chi connectivity index (χ3v) is 4.70. The maximum Gasteiger partial charge on any atom is 0.431 e. The number of ether oxygens (including phenoxy) is 3. The highest BCUT2D eigenvalue weighted by Gasteiger charge is 2.24. The molecule has 0 fully saturated rings. The molecule has 164 valence electrons. The van der Waals surface area contributed by atoms with Crippen molar-refractivity contribution in [3.05, 3.63) is 71.9 Å². The summed E-state index contributed by atoms with van der Waals surface area (Å²) >= 11 is 0. The number of hydrogen-bond donors (Lipinski definition) is 1. The standard InChI is InChI=1S/C22H20N4O6/c1-29-18-8-5-15(9-19(18)30-2)17-12-31-22(28)26(25-17)11-14-3-6-16(7-4-14)24-21(27)20-10-23-13-32-20/h3-10,13H,11-12H2,1-2H3,(H,24,27). The number of cyclic esters (lactones) is 1. The Hall–Kier alpha value is -4.34. The maximum atomic E-state index is 12.2. The van der Waals surface area contributed by atoms with E-state index in [1.165, 1.54) is 17.6 Å². The molecular weight excluding hydrogens is 416 g/mol. The molecule has 2 heterocycles. The zero-order valence-corrected chi connectivity index (χ0v) is 17.4. The first-order chi connectivity index (χ1) is 15.6. The summed E-state index contributed by atoms with van der Waals surface area (Å²) in [6.45, 7) is 0.253. The van der Waals surface area contributed by atoms with E-state index in [2.05, 4.69) is 15.4 Å². The van der Waals surface area contributed by atoms with Gasteiger partial charge in [0.1, 0.15) is 12.3 Å². The van der Waals surface area contributed by atoms with Gasteiger partial charge in [-0.15, -0.1) is 0 Å². The summed E-state index contributed by atoms with van der Waals surface area (Å²) in [4.78, 5) is 28.0. The van der Waals surface area contributed by atoms with Crippen molar-refractivity contribution in [1.82, 2.24) is 9.99 Å². The molecule has 2 aromatic carbocycles. The molecule has 1 aromatic heterocycles. The number of carbonyl (C=O) groups excluding carboxylic acids is 2. The smallest absolute Gasteiger partial charge is 0.431 e. The van der Waals surface area contributed by atoms with E-state index in [0.717, 1.165) is 11.1 Å². The van der Waals surface area contributed by atoms with E-state index >= 15 is 0 Å². The molecule has 2 amide bonds. The molecule has 0 saturated carbocycles. The summed E-state index contributed by atoms with van der Waals surface area (Å²) in [5, 5.41) is 8.41. The van der Waals surface area contributed by atoms with Gasteiger partial charge in [0, 0.05) is 11.3 Å². The number of amides is 2. The van der Waals surface area contributed by atoms with Gasteiger partial charge in [0.2, 0.25) is 5.76 Å².